The highest BCUT2D eigenvalue weighted by atomic mass is 19.1. The van der Waals surface area contributed by atoms with E-state index in [1.165, 1.54) is 25.7 Å². The van der Waals surface area contributed by atoms with Crippen LogP contribution in [0.2, 0.25) is 0 Å². The molecule has 0 aromatic heterocycles. The Morgan fingerprint density at radius 2 is 1.80 bits per heavy atom. The summed E-state index contributed by atoms with van der Waals surface area (Å²) in [5.74, 6) is -0.107. The van der Waals surface area contributed by atoms with Gasteiger partial charge in [0, 0.05) is 50.9 Å². The molecule has 8 rings (SSSR count). The second-order valence-electron chi connectivity index (χ2n) is 15.5. The number of nitrogens with zero attached hydrogens (tertiary/aromatic N) is 3. The summed E-state index contributed by atoms with van der Waals surface area (Å²) in [7, 11) is 2.14. The molecular formula is C35H54FN5O5. The minimum atomic E-state index is -1.23. The number of carbonyl (C=O) groups is 2. The second-order valence-corrected chi connectivity index (χ2v) is 15.5. The number of alkyl halides is 1. The van der Waals surface area contributed by atoms with Gasteiger partial charge in [0.2, 0.25) is 0 Å². The number of hydrogen-bond donors (Lipinski definition) is 2. The summed E-state index contributed by atoms with van der Waals surface area (Å²) in [4.78, 5) is 34.7. The largest absolute Gasteiger partial charge is 0.379 e. The molecule has 0 bridgehead atoms. The monoisotopic (exact) mass is 643 g/mol. The van der Waals surface area contributed by atoms with Crippen LogP contribution in [-0.2, 0) is 23.8 Å². The van der Waals surface area contributed by atoms with Gasteiger partial charge in [0.1, 0.15) is 6.17 Å². The van der Waals surface area contributed by atoms with Crippen molar-refractivity contribution in [1.82, 2.24) is 25.3 Å². The fourth-order valence-corrected chi connectivity index (χ4v) is 10.6. The van der Waals surface area contributed by atoms with Crippen LogP contribution < -0.4 is 10.6 Å². The highest BCUT2D eigenvalue weighted by Gasteiger charge is 2.61. The third kappa shape index (κ3) is 5.85. The second kappa shape index (κ2) is 13.3. The molecule has 11 heteroatoms. The standard InChI is InChI=1S/C35H54FN5O5/c1-39-11-4-5-21(39)8-9-38-35(43)25-20-41-27-19-29-23(22-6-2-3-7-28(22)45-29)18-30(27)46-34-31(26(36)17-24(32(34)41)33(25)42)37-10-12-40-13-15-44-16-14-40/h20-24,26-32,34,37H,2-19H2,1H3,(H,38,43). The molecule has 8 aliphatic rings. The zero-order chi connectivity index (χ0) is 31.4. The third-order valence-corrected chi connectivity index (χ3v) is 13.0. The van der Waals surface area contributed by atoms with Gasteiger partial charge in [-0.2, -0.15) is 0 Å². The van der Waals surface area contributed by atoms with E-state index >= 15 is 4.39 Å². The van der Waals surface area contributed by atoms with Crippen molar-refractivity contribution in [2.45, 2.75) is 119 Å². The van der Waals surface area contributed by atoms with Crippen LogP contribution in [0.4, 0.5) is 4.39 Å². The summed E-state index contributed by atoms with van der Waals surface area (Å²) < 4.78 is 35.5. The molecule has 4 saturated heterocycles. The molecule has 7 fully saturated rings. The molecule has 2 N–H and O–H groups in total. The lowest BCUT2D eigenvalue weighted by Crippen LogP contribution is -2.73. The van der Waals surface area contributed by atoms with Gasteiger partial charge in [-0.05, 0) is 76.8 Å². The van der Waals surface area contributed by atoms with Crippen LogP contribution in [0.1, 0.15) is 64.2 Å². The van der Waals surface area contributed by atoms with Gasteiger partial charge < -0.3 is 34.6 Å². The van der Waals surface area contributed by atoms with E-state index in [2.05, 4.69) is 32.4 Å². The summed E-state index contributed by atoms with van der Waals surface area (Å²) in [6, 6.07) is -0.306. The summed E-state index contributed by atoms with van der Waals surface area (Å²) in [5, 5.41) is 6.62. The van der Waals surface area contributed by atoms with Crippen LogP contribution in [0, 0.1) is 17.8 Å². The lowest BCUT2D eigenvalue weighted by atomic mass is 9.67. The number of morpholine rings is 2. The molecule has 12 unspecified atom stereocenters. The molecule has 0 spiro atoms. The number of rotatable bonds is 8. The number of ether oxygens (including phenoxy) is 3. The van der Waals surface area contributed by atoms with Gasteiger partial charge in [0.05, 0.1) is 61.3 Å². The molecule has 1 amide bonds. The van der Waals surface area contributed by atoms with E-state index in [-0.39, 0.29) is 48.0 Å². The van der Waals surface area contributed by atoms with Crippen molar-refractivity contribution in [2.75, 3.05) is 59.5 Å². The van der Waals surface area contributed by atoms with Crippen LogP contribution in [0.15, 0.2) is 11.8 Å². The zero-order valence-corrected chi connectivity index (χ0v) is 27.5. The van der Waals surface area contributed by atoms with Crippen molar-refractivity contribution in [3.05, 3.63) is 11.8 Å². The molecular weight excluding hydrogens is 589 g/mol. The summed E-state index contributed by atoms with van der Waals surface area (Å²) in [6.45, 7) is 6.36. The first kappa shape index (κ1) is 31.6. The zero-order valence-electron chi connectivity index (χ0n) is 27.5. The summed E-state index contributed by atoms with van der Waals surface area (Å²) >= 11 is 0. The molecule has 46 heavy (non-hydrogen) atoms. The van der Waals surface area contributed by atoms with E-state index in [1.54, 1.807) is 0 Å². The third-order valence-electron chi connectivity index (χ3n) is 13.0. The van der Waals surface area contributed by atoms with Gasteiger partial charge in [-0.1, -0.05) is 12.8 Å². The van der Waals surface area contributed by atoms with Gasteiger partial charge >= 0.3 is 0 Å². The minimum Gasteiger partial charge on any atom is -0.379 e. The predicted molar refractivity (Wildman–Crippen MR) is 170 cm³/mol. The molecule has 5 heterocycles. The van der Waals surface area contributed by atoms with Gasteiger partial charge in [-0.25, -0.2) is 4.39 Å². The Bertz CT molecular complexity index is 1170. The fraction of sp³-hybridized carbons (Fsp3) is 0.886. The van der Waals surface area contributed by atoms with E-state index in [9.17, 15) is 9.59 Å². The van der Waals surface area contributed by atoms with Crippen molar-refractivity contribution in [3.63, 3.8) is 0 Å². The normalized spacial score (nSPS) is 44.2. The Morgan fingerprint density at radius 1 is 0.957 bits per heavy atom. The average molecular weight is 644 g/mol. The number of ketones is 1. The quantitative estimate of drug-likeness (QED) is 0.385. The topological polar surface area (TPSA) is 95.6 Å². The molecule has 5 aliphatic heterocycles. The average Bonchev–Trinajstić information content (AvgIpc) is 3.65. The van der Waals surface area contributed by atoms with Crippen molar-refractivity contribution in [2.24, 2.45) is 17.8 Å². The smallest absolute Gasteiger partial charge is 0.256 e. The minimum absolute atomic E-state index is 0.0124. The van der Waals surface area contributed by atoms with Crippen LogP contribution in [0.3, 0.4) is 0 Å². The van der Waals surface area contributed by atoms with Gasteiger partial charge in [0.25, 0.3) is 5.91 Å². The van der Waals surface area contributed by atoms with Gasteiger partial charge in [-0.3, -0.25) is 14.5 Å². The van der Waals surface area contributed by atoms with Crippen LogP contribution in [-0.4, -0.2) is 141 Å². The number of carbonyl (C=O) groups excluding carboxylic acids is 2. The SMILES string of the molecule is CN1CCCC1CCNC(=O)C1=CN2C3CC4OC5CCCCC5C4CC3OC3C(NCCN4CCOCC4)C(F)CC(C1=O)C32. The predicted octanol–water partition coefficient (Wildman–Crippen LogP) is 1.88. The Balaban J connectivity index is 1.03. The van der Waals surface area contributed by atoms with E-state index in [0.29, 0.717) is 37.1 Å². The number of fused-ring (bicyclic) bond motifs is 5. The Labute approximate surface area is 273 Å². The maximum absolute atomic E-state index is 16.3. The van der Waals surface area contributed by atoms with Crippen LogP contribution in [0.5, 0.6) is 0 Å². The van der Waals surface area contributed by atoms with E-state index in [0.717, 1.165) is 71.5 Å². The number of halogens is 1. The van der Waals surface area contributed by atoms with Crippen LogP contribution in [0.25, 0.3) is 0 Å². The number of likely N-dealkylation sites (tertiary alicyclic amines) is 1. The number of nitrogens with one attached hydrogen (secondary N) is 2. The molecule has 0 aromatic carbocycles. The summed E-state index contributed by atoms with van der Waals surface area (Å²) in [5.41, 5.74) is 0.189. The first-order valence-electron chi connectivity index (χ1n) is 18.5. The van der Waals surface area contributed by atoms with E-state index in [1.807, 2.05) is 6.20 Å². The summed E-state index contributed by atoms with van der Waals surface area (Å²) in [6.07, 6.45) is 10.5. The molecule has 12 atom stereocenters. The molecule has 0 aromatic rings. The van der Waals surface area contributed by atoms with Crippen molar-refractivity contribution in [1.29, 1.82) is 0 Å². The molecule has 3 saturated carbocycles. The van der Waals surface area contributed by atoms with Gasteiger partial charge in [-0.15, -0.1) is 0 Å². The molecule has 0 radical (unpaired) electrons. The fourth-order valence-electron chi connectivity index (χ4n) is 10.6. The van der Waals surface area contributed by atoms with Crippen LogP contribution >= 0.6 is 0 Å². The number of hydrogen-bond acceptors (Lipinski definition) is 9. The number of amides is 1. The highest BCUT2D eigenvalue weighted by molar-refractivity contribution is 6.20. The van der Waals surface area contributed by atoms with Gasteiger partial charge in [0.15, 0.2) is 5.78 Å². The van der Waals surface area contributed by atoms with Crippen molar-refractivity contribution < 1.29 is 28.2 Å². The molecule has 3 aliphatic carbocycles. The lowest BCUT2D eigenvalue weighted by molar-refractivity contribution is -0.209. The lowest BCUT2D eigenvalue weighted by Gasteiger charge is -2.60. The Morgan fingerprint density at radius 3 is 2.63 bits per heavy atom. The maximum Gasteiger partial charge on any atom is 0.256 e. The first-order chi connectivity index (χ1) is 22.5. The first-order valence-corrected chi connectivity index (χ1v) is 18.5. The van der Waals surface area contributed by atoms with Crippen molar-refractivity contribution in [3.8, 4) is 0 Å². The van der Waals surface area contributed by atoms with E-state index in [4.69, 9.17) is 14.2 Å². The maximum atomic E-state index is 16.3. The molecule has 10 nitrogen and oxygen atoms in total. The van der Waals surface area contributed by atoms with E-state index < -0.39 is 24.2 Å². The Kier molecular flexibility index (Phi) is 9.18. The van der Waals surface area contributed by atoms with Crippen molar-refractivity contribution >= 4 is 11.7 Å². The number of Topliss-reactive ketones (excluding diaryl/α,β-unsaturated/α-hetero) is 1. The highest BCUT2D eigenvalue weighted by Crippen LogP contribution is 2.52. The Hall–Kier alpha value is -1.63. The molecule has 256 valence electrons.